The summed E-state index contributed by atoms with van der Waals surface area (Å²) in [6.45, 7) is 0. The Kier molecular flexibility index (Phi) is 6.98. The average molecular weight is 472 g/mol. The highest BCUT2D eigenvalue weighted by molar-refractivity contribution is 7.92. The van der Waals surface area contributed by atoms with Crippen molar-refractivity contribution < 1.29 is 27.1 Å². The molecule has 0 spiro atoms. The van der Waals surface area contributed by atoms with Gasteiger partial charge in [0.05, 0.1) is 23.3 Å². The maximum atomic E-state index is 13.8. The van der Waals surface area contributed by atoms with Crippen molar-refractivity contribution in [3.05, 3.63) is 83.7 Å². The molecular formula is C23H22FN3O5S. The van der Waals surface area contributed by atoms with Gasteiger partial charge in [-0.05, 0) is 54.6 Å². The van der Waals surface area contributed by atoms with Crippen LogP contribution in [0.3, 0.4) is 0 Å². The molecule has 0 radical (unpaired) electrons. The smallest absolute Gasteiger partial charge is 0.264 e. The van der Waals surface area contributed by atoms with Crippen molar-refractivity contribution in [1.82, 2.24) is 5.32 Å². The van der Waals surface area contributed by atoms with E-state index in [1.54, 1.807) is 24.3 Å². The van der Waals surface area contributed by atoms with Crippen LogP contribution in [0.15, 0.2) is 71.6 Å². The van der Waals surface area contributed by atoms with Crippen LogP contribution in [-0.4, -0.2) is 41.4 Å². The number of nitrogens with zero attached hydrogens (tertiary/aromatic N) is 1. The van der Waals surface area contributed by atoms with Crippen LogP contribution in [0.25, 0.3) is 0 Å². The van der Waals surface area contributed by atoms with Crippen LogP contribution >= 0.6 is 0 Å². The Hall–Kier alpha value is -3.92. The number of hydrogen-bond donors (Lipinski definition) is 2. The molecule has 0 fully saturated rings. The maximum Gasteiger partial charge on any atom is 0.264 e. The lowest BCUT2D eigenvalue weighted by molar-refractivity contribution is 0.0957. The van der Waals surface area contributed by atoms with Crippen molar-refractivity contribution in [2.24, 2.45) is 0 Å². The minimum atomic E-state index is -3.91. The summed E-state index contributed by atoms with van der Waals surface area (Å²) in [6.07, 6.45) is 0. The van der Waals surface area contributed by atoms with E-state index in [1.807, 2.05) is 0 Å². The molecule has 0 unspecified atom stereocenters. The van der Waals surface area contributed by atoms with Crippen LogP contribution in [-0.2, 0) is 10.0 Å². The maximum absolute atomic E-state index is 13.8. The van der Waals surface area contributed by atoms with Crippen molar-refractivity contribution in [2.75, 3.05) is 30.8 Å². The minimum Gasteiger partial charge on any atom is -0.495 e. The van der Waals surface area contributed by atoms with Gasteiger partial charge in [-0.25, -0.2) is 12.8 Å². The lowest BCUT2D eigenvalue weighted by Gasteiger charge is -2.21. The van der Waals surface area contributed by atoms with Crippen LogP contribution in [0.5, 0.6) is 5.75 Å². The van der Waals surface area contributed by atoms with Gasteiger partial charge in [0.15, 0.2) is 0 Å². The van der Waals surface area contributed by atoms with Crippen LogP contribution in [0.2, 0.25) is 0 Å². The number of ether oxygens (including phenoxy) is 1. The van der Waals surface area contributed by atoms with E-state index in [0.29, 0.717) is 11.4 Å². The summed E-state index contributed by atoms with van der Waals surface area (Å²) in [4.78, 5) is 24.3. The van der Waals surface area contributed by atoms with Gasteiger partial charge >= 0.3 is 0 Å². The van der Waals surface area contributed by atoms with Crippen molar-refractivity contribution in [3.8, 4) is 5.75 Å². The summed E-state index contributed by atoms with van der Waals surface area (Å²) >= 11 is 0. The number of para-hydroxylation sites is 2. The van der Waals surface area contributed by atoms with Crippen LogP contribution < -0.4 is 19.7 Å². The second-order valence-electron chi connectivity index (χ2n) is 6.90. The van der Waals surface area contributed by atoms with Gasteiger partial charge in [0.25, 0.3) is 21.8 Å². The van der Waals surface area contributed by atoms with Crippen molar-refractivity contribution in [2.45, 2.75) is 4.90 Å². The Labute approximate surface area is 191 Å². The monoisotopic (exact) mass is 471 g/mol. The fraction of sp³-hybridized carbons (Fsp3) is 0.130. The highest BCUT2D eigenvalue weighted by atomic mass is 32.2. The Morgan fingerprint density at radius 1 is 0.970 bits per heavy atom. The van der Waals surface area contributed by atoms with Gasteiger partial charge in [0.1, 0.15) is 11.6 Å². The summed E-state index contributed by atoms with van der Waals surface area (Å²) in [5.74, 6) is -1.50. The Balaban J connectivity index is 1.81. The molecule has 2 amide bonds. The molecule has 0 aromatic heterocycles. The average Bonchev–Trinajstić information content (AvgIpc) is 2.84. The van der Waals surface area contributed by atoms with Gasteiger partial charge in [-0.3, -0.25) is 13.9 Å². The van der Waals surface area contributed by atoms with Crippen molar-refractivity contribution >= 4 is 33.2 Å². The summed E-state index contributed by atoms with van der Waals surface area (Å²) in [5.41, 5.74) is 0.550. The van der Waals surface area contributed by atoms with Crippen LogP contribution in [0, 0.1) is 5.82 Å². The summed E-state index contributed by atoms with van der Waals surface area (Å²) < 4.78 is 46.2. The number of halogens is 1. The van der Waals surface area contributed by atoms with E-state index in [4.69, 9.17) is 4.74 Å². The third-order valence-electron chi connectivity index (χ3n) is 4.90. The first kappa shape index (κ1) is 23.7. The van der Waals surface area contributed by atoms with E-state index in [0.717, 1.165) is 10.4 Å². The number of anilines is 2. The Bertz CT molecular complexity index is 1290. The molecule has 0 atom stereocenters. The molecule has 0 saturated carbocycles. The van der Waals surface area contributed by atoms with Gasteiger partial charge in [-0.2, -0.15) is 0 Å². The number of nitrogens with one attached hydrogen (secondary N) is 2. The molecule has 2 N–H and O–H groups in total. The molecule has 0 aliphatic carbocycles. The minimum absolute atomic E-state index is 0.0175. The largest absolute Gasteiger partial charge is 0.495 e. The Morgan fingerprint density at radius 3 is 2.27 bits per heavy atom. The number of amides is 2. The zero-order valence-corrected chi connectivity index (χ0v) is 18.9. The van der Waals surface area contributed by atoms with Gasteiger partial charge in [0.2, 0.25) is 0 Å². The summed E-state index contributed by atoms with van der Waals surface area (Å²) in [7, 11) is 0.315. The zero-order valence-electron chi connectivity index (χ0n) is 18.1. The predicted octanol–water partition coefficient (Wildman–Crippen LogP) is 3.27. The molecule has 0 heterocycles. The summed E-state index contributed by atoms with van der Waals surface area (Å²) in [6, 6.07) is 15.7. The number of sulfonamides is 1. The quantitative estimate of drug-likeness (QED) is 0.550. The van der Waals surface area contributed by atoms with Gasteiger partial charge in [-0.1, -0.05) is 12.1 Å². The van der Waals surface area contributed by atoms with E-state index >= 15 is 0 Å². The predicted molar refractivity (Wildman–Crippen MR) is 123 cm³/mol. The zero-order chi connectivity index (χ0) is 24.2. The fourth-order valence-electron chi connectivity index (χ4n) is 3.07. The number of rotatable bonds is 7. The highest BCUT2D eigenvalue weighted by Crippen LogP contribution is 2.31. The topological polar surface area (TPSA) is 105 Å². The number of methoxy groups -OCH3 is 1. The third kappa shape index (κ3) is 4.96. The Morgan fingerprint density at radius 2 is 1.64 bits per heavy atom. The second-order valence-corrected chi connectivity index (χ2v) is 8.87. The third-order valence-corrected chi connectivity index (χ3v) is 6.68. The molecule has 172 valence electrons. The highest BCUT2D eigenvalue weighted by Gasteiger charge is 2.24. The van der Waals surface area contributed by atoms with Gasteiger partial charge < -0.3 is 15.4 Å². The molecule has 0 bridgehead atoms. The SMILES string of the molecule is CNC(=O)c1cc(NC(=O)c2ccc(S(=O)(=O)N(C)c3ccccc3OC)cc2)ccc1F. The molecule has 3 aromatic carbocycles. The van der Waals surface area contributed by atoms with E-state index in [9.17, 15) is 22.4 Å². The molecule has 0 aliphatic rings. The number of carbonyl (C=O) groups is 2. The lowest BCUT2D eigenvalue weighted by atomic mass is 10.1. The summed E-state index contributed by atoms with van der Waals surface area (Å²) in [5, 5.41) is 4.89. The van der Waals surface area contributed by atoms with E-state index in [1.165, 1.54) is 57.6 Å². The molecule has 33 heavy (non-hydrogen) atoms. The molecule has 0 aliphatic heterocycles. The molecule has 3 rings (SSSR count). The first-order valence-electron chi connectivity index (χ1n) is 9.74. The fourth-order valence-corrected chi connectivity index (χ4v) is 4.28. The van der Waals surface area contributed by atoms with Crippen LogP contribution in [0.1, 0.15) is 20.7 Å². The molecule has 0 saturated heterocycles. The van der Waals surface area contributed by atoms with E-state index < -0.39 is 27.7 Å². The molecule has 10 heteroatoms. The van der Waals surface area contributed by atoms with Crippen molar-refractivity contribution in [1.29, 1.82) is 0 Å². The number of carbonyl (C=O) groups excluding carboxylic acids is 2. The molecular weight excluding hydrogens is 449 g/mol. The van der Waals surface area contributed by atoms with Crippen molar-refractivity contribution in [3.63, 3.8) is 0 Å². The molecule has 3 aromatic rings. The van der Waals surface area contributed by atoms with Gasteiger partial charge in [0, 0.05) is 25.3 Å². The first-order valence-corrected chi connectivity index (χ1v) is 11.2. The van der Waals surface area contributed by atoms with E-state index in [2.05, 4.69) is 10.6 Å². The first-order chi connectivity index (χ1) is 15.7. The molecule has 8 nitrogen and oxygen atoms in total. The standard InChI is InChI=1S/C23H22FN3O5S/c1-25-23(29)18-14-16(10-13-19(18)24)26-22(28)15-8-11-17(12-9-15)33(30,31)27(2)20-6-4-5-7-21(20)32-3/h4-14H,1-3H3,(H,25,29)(H,26,28). The number of hydrogen-bond acceptors (Lipinski definition) is 5. The lowest BCUT2D eigenvalue weighted by Crippen LogP contribution is -2.27. The van der Waals surface area contributed by atoms with Crippen LogP contribution in [0.4, 0.5) is 15.8 Å². The van der Waals surface area contributed by atoms with Gasteiger partial charge in [-0.15, -0.1) is 0 Å². The normalized spacial score (nSPS) is 10.9. The number of benzene rings is 3. The van der Waals surface area contributed by atoms with E-state index in [-0.39, 0.29) is 21.7 Å². The second kappa shape index (κ2) is 9.70.